The Kier molecular flexibility index (Phi) is 8.37. The molecule has 1 nitrogen and oxygen atoms in total. The molecule has 2 aromatic rings. The van der Waals surface area contributed by atoms with Gasteiger partial charge in [0, 0.05) is 30.5 Å². The Hall–Kier alpha value is -1.44. The van der Waals surface area contributed by atoms with E-state index < -0.39 is 0 Å². The van der Waals surface area contributed by atoms with Gasteiger partial charge in [-0.3, -0.25) is 0 Å². The number of allylic oxidation sites excluding steroid dienone is 2. The molecular formula is C22H27Cl2N. The van der Waals surface area contributed by atoms with Crippen LogP contribution in [0.2, 0.25) is 0 Å². The molecule has 0 aliphatic rings. The summed E-state index contributed by atoms with van der Waals surface area (Å²) in [5.41, 5.74) is 6.63. The van der Waals surface area contributed by atoms with Gasteiger partial charge in [0.15, 0.2) is 0 Å². The molecule has 0 aliphatic carbocycles. The lowest BCUT2D eigenvalue weighted by Gasteiger charge is -2.23. The van der Waals surface area contributed by atoms with E-state index in [4.69, 9.17) is 23.2 Å². The van der Waals surface area contributed by atoms with Crippen LogP contribution in [0, 0.1) is 0 Å². The van der Waals surface area contributed by atoms with E-state index in [-0.39, 0.29) is 0 Å². The van der Waals surface area contributed by atoms with E-state index in [1.54, 1.807) is 0 Å². The van der Waals surface area contributed by atoms with Gasteiger partial charge in [0.05, 0.1) is 0 Å². The molecule has 3 heteroatoms. The molecule has 0 heterocycles. The molecule has 2 aromatic carbocycles. The highest BCUT2D eigenvalue weighted by Crippen LogP contribution is 2.32. The molecule has 2 rings (SSSR count). The standard InChI is InChI=1S/C22H27Cl2N/c1-3-21(18-8-6-5-7-9-18)22(4-2)19-10-12-20(13-11-19)25(16-14-23)17-15-24/h5-13H,3-4,14-17H2,1-2H3/b22-21+. The smallest absolute Gasteiger partial charge is 0.0399 e. The average Bonchev–Trinajstić information content (AvgIpc) is 2.67. The maximum Gasteiger partial charge on any atom is 0.0399 e. The van der Waals surface area contributed by atoms with E-state index in [1.807, 2.05) is 0 Å². The first-order chi connectivity index (χ1) is 12.2. The number of nitrogens with zero attached hydrogens (tertiary/aromatic N) is 1. The van der Waals surface area contributed by atoms with Gasteiger partial charge in [-0.25, -0.2) is 0 Å². The SMILES string of the molecule is CC/C(=C(/CC)c1ccc(N(CCCl)CCCl)cc1)c1ccccc1. The van der Waals surface area contributed by atoms with Gasteiger partial charge in [0.1, 0.15) is 0 Å². The van der Waals surface area contributed by atoms with Crippen LogP contribution in [0.4, 0.5) is 5.69 Å². The molecule has 0 atom stereocenters. The van der Waals surface area contributed by atoms with E-state index in [9.17, 15) is 0 Å². The Bertz CT molecular complexity index is 656. The maximum atomic E-state index is 5.92. The largest absolute Gasteiger partial charge is 0.369 e. The summed E-state index contributed by atoms with van der Waals surface area (Å²) in [7, 11) is 0. The summed E-state index contributed by atoms with van der Waals surface area (Å²) >= 11 is 11.8. The van der Waals surface area contributed by atoms with Crippen LogP contribution in [-0.4, -0.2) is 24.8 Å². The number of rotatable bonds is 9. The quantitative estimate of drug-likeness (QED) is 0.348. The van der Waals surface area contributed by atoms with Crippen molar-refractivity contribution in [2.24, 2.45) is 0 Å². The second kappa shape index (κ2) is 10.5. The lowest BCUT2D eigenvalue weighted by atomic mass is 9.91. The Morgan fingerprint density at radius 2 is 1.20 bits per heavy atom. The zero-order valence-electron chi connectivity index (χ0n) is 15.1. The van der Waals surface area contributed by atoms with Gasteiger partial charge in [-0.1, -0.05) is 56.3 Å². The summed E-state index contributed by atoms with van der Waals surface area (Å²) in [5.74, 6) is 1.21. The van der Waals surface area contributed by atoms with Crippen LogP contribution in [-0.2, 0) is 0 Å². The van der Waals surface area contributed by atoms with Crippen molar-refractivity contribution >= 4 is 40.0 Å². The third-order valence-corrected chi connectivity index (χ3v) is 4.82. The third kappa shape index (κ3) is 5.26. The minimum Gasteiger partial charge on any atom is -0.369 e. The van der Waals surface area contributed by atoms with Crippen molar-refractivity contribution in [2.75, 3.05) is 29.7 Å². The zero-order valence-corrected chi connectivity index (χ0v) is 16.7. The molecule has 25 heavy (non-hydrogen) atoms. The van der Waals surface area contributed by atoms with E-state index in [1.165, 1.54) is 28.0 Å². The minimum atomic E-state index is 0.604. The molecule has 0 aromatic heterocycles. The lowest BCUT2D eigenvalue weighted by molar-refractivity contribution is 0.874. The van der Waals surface area contributed by atoms with Gasteiger partial charge >= 0.3 is 0 Å². The average molecular weight is 376 g/mol. The Balaban J connectivity index is 2.36. The number of benzene rings is 2. The molecule has 134 valence electrons. The maximum absolute atomic E-state index is 5.92. The van der Waals surface area contributed by atoms with Gasteiger partial charge in [-0.15, -0.1) is 23.2 Å². The van der Waals surface area contributed by atoms with E-state index in [0.717, 1.165) is 25.9 Å². The number of hydrogen-bond acceptors (Lipinski definition) is 1. The van der Waals surface area contributed by atoms with E-state index in [0.29, 0.717) is 11.8 Å². The van der Waals surface area contributed by atoms with Gasteiger partial charge in [-0.05, 0) is 47.2 Å². The lowest BCUT2D eigenvalue weighted by Crippen LogP contribution is -2.27. The molecule has 0 saturated carbocycles. The highest BCUT2D eigenvalue weighted by molar-refractivity contribution is 6.18. The Morgan fingerprint density at radius 3 is 1.64 bits per heavy atom. The van der Waals surface area contributed by atoms with Crippen molar-refractivity contribution in [3.63, 3.8) is 0 Å². The van der Waals surface area contributed by atoms with Crippen LogP contribution in [0.1, 0.15) is 37.8 Å². The molecule has 0 spiro atoms. The van der Waals surface area contributed by atoms with Crippen LogP contribution in [0.5, 0.6) is 0 Å². The summed E-state index contributed by atoms with van der Waals surface area (Å²) in [6.45, 7) is 6.09. The van der Waals surface area contributed by atoms with Gasteiger partial charge in [0.2, 0.25) is 0 Å². The number of anilines is 1. The van der Waals surface area contributed by atoms with Crippen molar-refractivity contribution in [3.8, 4) is 0 Å². The van der Waals surface area contributed by atoms with Crippen LogP contribution in [0.15, 0.2) is 54.6 Å². The highest BCUT2D eigenvalue weighted by Gasteiger charge is 2.10. The number of alkyl halides is 2. The molecule has 0 N–H and O–H groups in total. The van der Waals surface area contributed by atoms with Gasteiger partial charge < -0.3 is 4.90 Å². The monoisotopic (exact) mass is 375 g/mol. The Morgan fingerprint density at radius 1 is 0.720 bits per heavy atom. The number of hydrogen-bond donors (Lipinski definition) is 0. The number of halogens is 2. The normalized spacial score (nSPS) is 12.0. The summed E-state index contributed by atoms with van der Waals surface area (Å²) in [6.07, 6.45) is 2.05. The van der Waals surface area contributed by atoms with Crippen LogP contribution < -0.4 is 4.90 Å². The van der Waals surface area contributed by atoms with Crippen molar-refractivity contribution in [1.29, 1.82) is 0 Å². The van der Waals surface area contributed by atoms with Crippen molar-refractivity contribution in [3.05, 3.63) is 65.7 Å². The molecule has 0 amide bonds. The topological polar surface area (TPSA) is 3.24 Å². The Labute approximate surface area is 162 Å². The predicted molar refractivity (Wildman–Crippen MR) is 114 cm³/mol. The predicted octanol–water partition coefficient (Wildman–Crippen LogP) is 6.70. The molecule has 0 aliphatic heterocycles. The van der Waals surface area contributed by atoms with Crippen molar-refractivity contribution < 1.29 is 0 Å². The fraction of sp³-hybridized carbons (Fsp3) is 0.364. The van der Waals surface area contributed by atoms with Crippen LogP contribution >= 0.6 is 23.2 Å². The fourth-order valence-electron chi connectivity index (χ4n) is 3.27. The highest BCUT2D eigenvalue weighted by atomic mass is 35.5. The van der Waals surface area contributed by atoms with E-state index in [2.05, 4.69) is 73.3 Å². The summed E-state index contributed by atoms with van der Waals surface area (Å²) in [4.78, 5) is 2.23. The van der Waals surface area contributed by atoms with Crippen LogP contribution in [0.25, 0.3) is 11.1 Å². The zero-order chi connectivity index (χ0) is 18.1. The third-order valence-electron chi connectivity index (χ3n) is 4.48. The summed E-state index contributed by atoms with van der Waals surface area (Å²) < 4.78 is 0. The molecule has 0 unspecified atom stereocenters. The van der Waals surface area contributed by atoms with Crippen molar-refractivity contribution in [1.82, 2.24) is 0 Å². The molecule has 0 radical (unpaired) electrons. The minimum absolute atomic E-state index is 0.604. The second-order valence-corrected chi connectivity index (χ2v) is 6.70. The molecule has 0 bridgehead atoms. The van der Waals surface area contributed by atoms with E-state index >= 15 is 0 Å². The fourth-order valence-corrected chi connectivity index (χ4v) is 3.68. The first kappa shape index (κ1) is 19.9. The first-order valence-corrected chi connectivity index (χ1v) is 10.1. The van der Waals surface area contributed by atoms with Gasteiger partial charge in [0.25, 0.3) is 0 Å². The van der Waals surface area contributed by atoms with Gasteiger partial charge in [-0.2, -0.15) is 0 Å². The summed E-state index contributed by atoms with van der Waals surface area (Å²) in [6, 6.07) is 19.5. The molecular weight excluding hydrogens is 349 g/mol. The second-order valence-electron chi connectivity index (χ2n) is 5.94. The van der Waals surface area contributed by atoms with Crippen molar-refractivity contribution in [2.45, 2.75) is 26.7 Å². The van der Waals surface area contributed by atoms with Crippen LogP contribution in [0.3, 0.4) is 0 Å². The first-order valence-electron chi connectivity index (χ1n) is 8.99. The molecule has 0 saturated heterocycles. The molecule has 0 fully saturated rings. The summed E-state index contributed by atoms with van der Waals surface area (Å²) in [5, 5.41) is 0.